The van der Waals surface area contributed by atoms with E-state index in [2.05, 4.69) is 27.5 Å². The predicted octanol–water partition coefficient (Wildman–Crippen LogP) is 3.66. The van der Waals surface area contributed by atoms with Crippen LogP contribution in [0.1, 0.15) is 32.1 Å². The van der Waals surface area contributed by atoms with Crippen LogP contribution >= 0.6 is 11.8 Å². The van der Waals surface area contributed by atoms with E-state index in [4.69, 9.17) is 0 Å². The van der Waals surface area contributed by atoms with Crippen LogP contribution < -0.4 is 5.32 Å². The highest BCUT2D eigenvalue weighted by molar-refractivity contribution is 7.99. The zero-order valence-electron chi connectivity index (χ0n) is 14.2. The van der Waals surface area contributed by atoms with Crippen LogP contribution in [-0.2, 0) is 11.3 Å². The summed E-state index contributed by atoms with van der Waals surface area (Å²) < 4.78 is 2.06. The molecule has 1 aliphatic rings. The van der Waals surface area contributed by atoms with Crippen molar-refractivity contribution in [1.82, 2.24) is 14.9 Å². The van der Waals surface area contributed by atoms with Crippen LogP contribution in [0, 0.1) is 11.3 Å². The fraction of sp³-hybridized carbons (Fsp3) is 0.421. The molecule has 0 atom stereocenters. The number of nitrogens with one attached hydrogen (secondary N) is 1. The van der Waals surface area contributed by atoms with Crippen molar-refractivity contribution in [3.05, 3.63) is 36.9 Å². The summed E-state index contributed by atoms with van der Waals surface area (Å²) in [5, 5.41) is 13.2. The Kier molecular flexibility index (Phi) is 5.44. The number of carbonyl (C=O) groups is 1. The fourth-order valence-corrected chi connectivity index (χ4v) is 4.15. The van der Waals surface area contributed by atoms with Crippen molar-refractivity contribution >= 4 is 28.7 Å². The highest BCUT2D eigenvalue weighted by atomic mass is 32.2. The summed E-state index contributed by atoms with van der Waals surface area (Å²) in [5.41, 5.74) is 1.26. The molecule has 6 heteroatoms. The number of para-hydroxylation sites is 2. The molecular formula is C19H22N4OS. The zero-order valence-corrected chi connectivity index (χ0v) is 15.0. The highest BCUT2D eigenvalue weighted by Gasteiger charge is 2.33. The maximum absolute atomic E-state index is 12.4. The van der Waals surface area contributed by atoms with Crippen LogP contribution in [0.4, 0.5) is 0 Å². The standard InChI is InChI=1S/C19H22N4OS/c1-2-12-23-16-9-5-4-8-15(16)21-18(23)25-13-17(24)22-19(14-20)10-6-3-7-11-19/h2,4-5,8-9H,1,3,6-7,10-13H2,(H,22,24). The second kappa shape index (κ2) is 7.75. The van der Waals surface area contributed by atoms with E-state index in [1.807, 2.05) is 30.3 Å². The summed E-state index contributed by atoms with van der Waals surface area (Å²) in [4.78, 5) is 17.0. The lowest BCUT2D eigenvalue weighted by Gasteiger charge is -2.31. The highest BCUT2D eigenvalue weighted by Crippen LogP contribution is 2.28. The van der Waals surface area contributed by atoms with E-state index in [-0.39, 0.29) is 11.7 Å². The van der Waals surface area contributed by atoms with E-state index in [9.17, 15) is 10.1 Å². The first-order valence-corrected chi connectivity index (χ1v) is 9.57. The van der Waals surface area contributed by atoms with Gasteiger partial charge in [0.15, 0.2) is 5.16 Å². The van der Waals surface area contributed by atoms with Gasteiger partial charge < -0.3 is 9.88 Å². The summed E-state index contributed by atoms with van der Waals surface area (Å²) in [6.45, 7) is 4.45. The molecule has 1 aromatic carbocycles. The lowest BCUT2D eigenvalue weighted by molar-refractivity contribution is -0.120. The number of allylic oxidation sites excluding steroid dienone is 1. The first-order valence-electron chi connectivity index (χ1n) is 8.59. The Morgan fingerprint density at radius 1 is 1.40 bits per heavy atom. The van der Waals surface area contributed by atoms with E-state index < -0.39 is 5.54 Å². The van der Waals surface area contributed by atoms with Crippen LogP contribution in [0.25, 0.3) is 11.0 Å². The molecule has 1 aromatic heterocycles. The van der Waals surface area contributed by atoms with E-state index in [1.165, 1.54) is 11.8 Å². The topological polar surface area (TPSA) is 70.7 Å². The number of hydrogen-bond donors (Lipinski definition) is 1. The monoisotopic (exact) mass is 354 g/mol. The molecule has 5 nitrogen and oxygen atoms in total. The quantitative estimate of drug-likeness (QED) is 0.635. The molecule has 1 heterocycles. The normalized spacial score (nSPS) is 16.3. The molecule has 0 bridgehead atoms. The number of fused-ring (bicyclic) bond motifs is 1. The Hall–Kier alpha value is -2.26. The number of carbonyl (C=O) groups excluding carboxylic acids is 1. The van der Waals surface area contributed by atoms with Crippen LogP contribution in [0.15, 0.2) is 42.1 Å². The first-order chi connectivity index (χ1) is 12.2. The molecule has 0 spiro atoms. The van der Waals surface area contributed by atoms with Crippen LogP contribution in [-0.4, -0.2) is 26.8 Å². The molecule has 0 radical (unpaired) electrons. The van der Waals surface area contributed by atoms with Gasteiger partial charge >= 0.3 is 0 Å². The third kappa shape index (κ3) is 3.88. The van der Waals surface area contributed by atoms with Crippen LogP contribution in [0.5, 0.6) is 0 Å². The molecule has 1 amide bonds. The van der Waals surface area contributed by atoms with Gasteiger partial charge in [-0.15, -0.1) is 6.58 Å². The van der Waals surface area contributed by atoms with Crippen molar-refractivity contribution in [1.29, 1.82) is 5.26 Å². The molecule has 3 rings (SSSR count). The second-order valence-corrected chi connectivity index (χ2v) is 7.32. The molecular weight excluding hydrogens is 332 g/mol. The SMILES string of the molecule is C=CCn1c(SCC(=O)NC2(C#N)CCCCC2)nc2ccccc21. The Labute approximate surface area is 152 Å². The number of imidazole rings is 1. The maximum atomic E-state index is 12.4. The molecule has 0 saturated heterocycles. The molecule has 1 fully saturated rings. The average Bonchev–Trinajstić information content (AvgIpc) is 2.99. The van der Waals surface area contributed by atoms with Crippen LogP contribution in [0.2, 0.25) is 0 Å². The van der Waals surface area contributed by atoms with Crippen LogP contribution in [0.3, 0.4) is 0 Å². The van der Waals surface area contributed by atoms with Gasteiger partial charge in [-0.05, 0) is 25.0 Å². The molecule has 1 aliphatic carbocycles. The van der Waals surface area contributed by atoms with Gasteiger partial charge in [-0.25, -0.2) is 4.98 Å². The predicted molar refractivity (Wildman–Crippen MR) is 100 cm³/mol. The molecule has 25 heavy (non-hydrogen) atoms. The Morgan fingerprint density at radius 2 is 2.16 bits per heavy atom. The summed E-state index contributed by atoms with van der Waals surface area (Å²) >= 11 is 1.40. The molecule has 130 valence electrons. The summed E-state index contributed by atoms with van der Waals surface area (Å²) in [7, 11) is 0. The Bertz CT molecular complexity index is 814. The minimum atomic E-state index is -0.683. The first kappa shape index (κ1) is 17.6. The Morgan fingerprint density at radius 3 is 2.88 bits per heavy atom. The number of nitrogens with zero attached hydrogens (tertiary/aromatic N) is 3. The van der Waals surface area contributed by atoms with E-state index in [0.717, 1.165) is 48.3 Å². The van der Waals surface area contributed by atoms with Gasteiger partial charge in [-0.1, -0.05) is 49.2 Å². The van der Waals surface area contributed by atoms with Crippen molar-refractivity contribution in [2.24, 2.45) is 0 Å². The molecule has 1 saturated carbocycles. The van der Waals surface area contributed by atoms with Gasteiger partial charge in [0.25, 0.3) is 0 Å². The summed E-state index contributed by atoms with van der Waals surface area (Å²) in [6, 6.07) is 10.2. The minimum absolute atomic E-state index is 0.106. The van der Waals surface area contributed by atoms with Crippen molar-refractivity contribution in [3.8, 4) is 6.07 Å². The second-order valence-electron chi connectivity index (χ2n) is 6.37. The van der Waals surface area contributed by atoms with Crippen molar-refractivity contribution < 1.29 is 4.79 Å². The Balaban J connectivity index is 1.70. The van der Waals surface area contributed by atoms with Gasteiger partial charge in [0.2, 0.25) is 5.91 Å². The number of thioether (sulfide) groups is 1. The number of amides is 1. The lowest BCUT2D eigenvalue weighted by Crippen LogP contribution is -2.49. The maximum Gasteiger partial charge on any atom is 0.231 e. The van der Waals surface area contributed by atoms with Crippen molar-refractivity contribution in [2.45, 2.75) is 49.3 Å². The van der Waals surface area contributed by atoms with Gasteiger partial charge in [0.1, 0.15) is 5.54 Å². The third-order valence-corrected chi connectivity index (χ3v) is 5.54. The number of aromatic nitrogens is 2. The van der Waals surface area contributed by atoms with Crippen molar-refractivity contribution in [2.75, 3.05) is 5.75 Å². The fourth-order valence-electron chi connectivity index (χ4n) is 3.32. The smallest absolute Gasteiger partial charge is 0.231 e. The largest absolute Gasteiger partial charge is 0.337 e. The number of benzene rings is 1. The zero-order chi connectivity index (χ0) is 17.7. The van der Waals surface area contributed by atoms with Gasteiger partial charge in [-0.2, -0.15) is 5.26 Å². The lowest BCUT2D eigenvalue weighted by atomic mass is 9.83. The molecule has 0 unspecified atom stereocenters. The van der Waals surface area contributed by atoms with Gasteiger partial charge in [0, 0.05) is 6.54 Å². The van der Waals surface area contributed by atoms with E-state index in [1.54, 1.807) is 0 Å². The molecule has 2 aromatic rings. The summed E-state index contributed by atoms with van der Waals surface area (Å²) in [6.07, 6.45) is 6.45. The number of hydrogen-bond acceptors (Lipinski definition) is 4. The number of rotatable bonds is 6. The van der Waals surface area contributed by atoms with Gasteiger partial charge in [-0.3, -0.25) is 4.79 Å². The third-order valence-electron chi connectivity index (χ3n) is 4.56. The van der Waals surface area contributed by atoms with Gasteiger partial charge in [0.05, 0.1) is 22.9 Å². The summed E-state index contributed by atoms with van der Waals surface area (Å²) in [5.74, 6) is 0.148. The average molecular weight is 354 g/mol. The van der Waals surface area contributed by atoms with E-state index >= 15 is 0 Å². The van der Waals surface area contributed by atoms with E-state index in [0.29, 0.717) is 6.54 Å². The number of nitriles is 1. The minimum Gasteiger partial charge on any atom is -0.337 e. The van der Waals surface area contributed by atoms with Crippen molar-refractivity contribution in [3.63, 3.8) is 0 Å². The molecule has 0 aliphatic heterocycles. The molecule has 1 N–H and O–H groups in total.